The first-order chi connectivity index (χ1) is 9.54. The summed E-state index contributed by atoms with van der Waals surface area (Å²) < 4.78 is 5.52. The topological polar surface area (TPSA) is 26.3 Å². The Bertz CT molecular complexity index is 751. The molecule has 1 aliphatic heterocycles. The van der Waals surface area contributed by atoms with E-state index >= 15 is 0 Å². The fourth-order valence-corrected chi connectivity index (χ4v) is 2.56. The van der Waals surface area contributed by atoms with E-state index in [1.54, 1.807) is 42.5 Å². The number of ether oxygens (including phenoxy) is 1. The number of halogens is 3. The fraction of sp³-hybridized carbons (Fsp3) is 0. The summed E-state index contributed by atoms with van der Waals surface area (Å²) in [6.07, 6.45) is 1.59. The fourth-order valence-electron chi connectivity index (χ4n) is 1.92. The van der Waals surface area contributed by atoms with Crippen LogP contribution in [-0.2, 0) is 0 Å². The lowest BCUT2D eigenvalue weighted by atomic mass is 10.1. The lowest BCUT2D eigenvalue weighted by molar-refractivity contribution is 0.101. The molecule has 0 saturated heterocycles. The number of ketones is 1. The van der Waals surface area contributed by atoms with Crippen LogP contribution in [0.4, 0.5) is 0 Å². The first kappa shape index (κ1) is 13.5. The molecule has 20 heavy (non-hydrogen) atoms. The van der Waals surface area contributed by atoms with Gasteiger partial charge < -0.3 is 4.74 Å². The second-order valence-electron chi connectivity index (χ2n) is 4.25. The second kappa shape index (κ2) is 5.13. The standard InChI is InChI=1S/C15H7Cl3O2/c16-9-3-4-13-11(6-9)15(19)14(20-13)5-8-1-2-10(17)7-12(8)18/h1-7H/b14-5-. The molecule has 2 aromatic carbocycles. The monoisotopic (exact) mass is 324 g/mol. The Labute approximate surface area is 130 Å². The minimum absolute atomic E-state index is 0.214. The Morgan fingerprint density at radius 3 is 2.40 bits per heavy atom. The highest BCUT2D eigenvalue weighted by molar-refractivity contribution is 6.35. The molecule has 1 aliphatic rings. The SMILES string of the molecule is O=C1/C(=C/c2ccc(Cl)cc2Cl)Oc2ccc(Cl)cc21. The van der Waals surface area contributed by atoms with E-state index in [4.69, 9.17) is 39.5 Å². The van der Waals surface area contributed by atoms with E-state index in [2.05, 4.69) is 0 Å². The Morgan fingerprint density at radius 2 is 1.65 bits per heavy atom. The molecule has 0 N–H and O–H groups in total. The van der Waals surface area contributed by atoms with Crippen molar-refractivity contribution in [3.05, 3.63) is 68.4 Å². The summed E-state index contributed by atoms with van der Waals surface area (Å²) in [4.78, 5) is 12.2. The first-order valence-corrected chi connectivity index (χ1v) is 6.87. The maximum Gasteiger partial charge on any atom is 0.232 e. The van der Waals surface area contributed by atoms with Crippen molar-refractivity contribution in [2.45, 2.75) is 0 Å². The van der Waals surface area contributed by atoms with Crippen LogP contribution in [0.15, 0.2) is 42.2 Å². The number of Topliss-reactive ketones (excluding diaryl/α,β-unsaturated/α-hetero) is 1. The Balaban J connectivity index is 2.01. The molecular formula is C15H7Cl3O2. The Hall–Kier alpha value is -1.48. The van der Waals surface area contributed by atoms with Crippen molar-refractivity contribution in [2.75, 3.05) is 0 Å². The van der Waals surface area contributed by atoms with Gasteiger partial charge in [-0.05, 0) is 42.0 Å². The molecule has 1 heterocycles. The van der Waals surface area contributed by atoms with Gasteiger partial charge in [0.2, 0.25) is 5.78 Å². The van der Waals surface area contributed by atoms with Gasteiger partial charge in [0.05, 0.1) is 5.56 Å². The van der Waals surface area contributed by atoms with Crippen molar-refractivity contribution >= 4 is 46.7 Å². The van der Waals surface area contributed by atoms with E-state index in [0.29, 0.717) is 31.9 Å². The van der Waals surface area contributed by atoms with Crippen LogP contribution in [0, 0.1) is 0 Å². The Kier molecular flexibility index (Phi) is 3.47. The zero-order chi connectivity index (χ0) is 14.3. The molecule has 0 radical (unpaired) electrons. The third-order valence-electron chi connectivity index (χ3n) is 2.88. The maximum atomic E-state index is 12.2. The zero-order valence-corrected chi connectivity index (χ0v) is 12.3. The van der Waals surface area contributed by atoms with Crippen LogP contribution in [0.3, 0.4) is 0 Å². The van der Waals surface area contributed by atoms with Gasteiger partial charge >= 0.3 is 0 Å². The van der Waals surface area contributed by atoms with Gasteiger partial charge in [-0.3, -0.25) is 4.79 Å². The van der Waals surface area contributed by atoms with Crippen LogP contribution in [0.1, 0.15) is 15.9 Å². The molecule has 2 aromatic rings. The van der Waals surface area contributed by atoms with Gasteiger partial charge in [-0.25, -0.2) is 0 Å². The minimum atomic E-state index is -0.214. The first-order valence-electron chi connectivity index (χ1n) is 5.73. The molecule has 100 valence electrons. The number of carbonyl (C=O) groups is 1. The van der Waals surface area contributed by atoms with E-state index in [0.717, 1.165) is 0 Å². The highest BCUT2D eigenvalue weighted by Crippen LogP contribution is 2.34. The summed E-state index contributed by atoms with van der Waals surface area (Å²) in [6, 6.07) is 9.96. The summed E-state index contributed by atoms with van der Waals surface area (Å²) in [5.74, 6) is 0.496. The van der Waals surface area contributed by atoms with Crippen molar-refractivity contribution < 1.29 is 9.53 Å². The highest BCUT2D eigenvalue weighted by Gasteiger charge is 2.27. The lowest BCUT2D eigenvalue weighted by Gasteiger charge is -2.01. The highest BCUT2D eigenvalue weighted by atomic mass is 35.5. The van der Waals surface area contributed by atoms with E-state index in [-0.39, 0.29) is 11.5 Å². The molecule has 0 unspecified atom stereocenters. The van der Waals surface area contributed by atoms with Crippen molar-refractivity contribution in [1.29, 1.82) is 0 Å². The zero-order valence-electron chi connectivity index (χ0n) is 9.99. The third kappa shape index (κ3) is 2.42. The number of hydrogen-bond acceptors (Lipinski definition) is 2. The minimum Gasteiger partial charge on any atom is -0.452 e. The predicted octanol–water partition coefficient (Wildman–Crippen LogP) is 5.26. The molecule has 0 atom stereocenters. The number of allylic oxidation sites excluding steroid dienone is 1. The van der Waals surface area contributed by atoms with Gasteiger partial charge in [0.15, 0.2) is 5.76 Å². The van der Waals surface area contributed by atoms with Gasteiger partial charge in [-0.1, -0.05) is 40.9 Å². The van der Waals surface area contributed by atoms with Crippen LogP contribution in [-0.4, -0.2) is 5.78 Å². The molecule has 5 heteroatoms. The van der Waals surface area contributed by atoms with Crippen LogP contribution in [0.2, 0.25) is 15.1 Å². The van der Waals surface area contributed by atoms with E-state index < -0.39 is 0 Å². The van der Waals surface area contributed by atoms with Gasteiger partial charge in [0, 0.05) is 15.1 Å². The summed E-state index contributed by atoms with van der Waals surface area (Å²) in [7, 11) is 0. The molecule has 2 nitrogen and oxygen atoms in total. The van der Waals surface area contributed by atoms with E-state index in [1.807, 2.05) is 0 Å². The molecular weight excluding hydrogens is 319 g/mol. The van der Waals surface area contributed by atoms with Crippen LogP contribution < -0.4 is 4.74 Å². The quantitative estimate of drug-likeness (QED) is 0.668. The summed E-state index contributed by atoms with van der Waals surface area (Å²) in [5.41, 5.74) is 1.12. The molecule has 0 fully saturated rings. The maximum absolute atomic E-state index is 12.2. The van der Waals surface area contributed by atoms with Crippen LogP contribution >= 0.6 is 34.8 Å². The molecule has 0 amide bonds. The average Bonchev–Trinajstić information content (AvgIpc) is 2.70. The number of benzene rings is 2. The number of hydrogen-bond donors (Lipinski definition) is 0. The normalized spacial score (nSPS) is 15.3. The van der Waals surface area contributed by atoms with Gasteiger partial charge in [-0.2, -0.15) is 0 Å². The number of carbonyl (C=O) groups excluding carboxylic acids is 1. The second-order valence-corrected chi connectivity index (χ2v) is 5.53. The largest absolute Gasteiger partial charge is 0.452 e. The van der Waals surface area contributed by atoms with Crippen molar-refractivity contribution in [3.8, 4) is 5.75 Å². The van der Waals surface area contributed by atoms with Gasteiger partial charge in [0.25, 0.3) is 0 Å². The summed E-state index contributed by atoms with van der Waals surface area (Å²) in [5, 5.41) is 1.48. The van der Waals surface area contributed by atoms with Crippen LogP contribution in [0.25, 0.3) is 6.08 Å². The predicted molar refractivity (Wildman–Crippen MR) is 80.8 cm³/mol. The molecule has 0 aliphatic carbocycles. The Morgan fingerprint density at radius 1 is 0.950 bits per heavy atom. The smallest absolute Gasteiger partial charge is 0.232 e. The van der Waals surface area contributed by atoms with Gasteiger partial charge in [-0.15, -0.1) is 0 Å². The molecule has 0 spiro atoms. The van der Waals surface area contributed by atoms with E-state index in [9.17, 15) is 4.79 Å². The van der Waals surface area contributed by atoms with Crippen molar-refractivity contribution in [2.24, 2.45) is 0 Å². The van der Waals surface area contributed by atoms with E-state index in [1.165, 1.54) is 0 Å². The molecule has 0 bridgehead atoms. The number of fused-ring (bicyclic) bond motifs is 1. The number of rotatable bonds is 1. The average molecular weight is 326 g/mol. The van der Waals surface area contributed by atoms with Crippen molar-refractivity contribution in [3.63, 3.8) is 0 Å². The molecule has 0 aromatic heterocycles. The van der Waals surface area contributed by atoms with Crippen LogP contribution in [0.5, 0.6) is 5.75 Å². The lowest BCUT2D eigenvalue weighted by Crippen LogP contribution is -1.98. The third-order valence-corrected chi connectivity index (χ3v) is 3.68. The molecule has 0 saturated carbocycles. The van der Waals surface area contributed by atoms with Gasteiger partial charge in [0.1, 0.15) is 5.75 Å². The summed E-state index contributed by atoms with van der Waals surface area (Å²) >= 11 is 17.8. The van der Waals surface area contributed by atoms with Crippen molar-refractivity contribution in [1.82, 2.24) is 0 Å². The molecule has 3 rings (SSSR count). The summed E-state index contributed by atoms with van der Waals surface area (Å²) in [6.45, 7) is 0.